The van der Waals surface area contributed by atoms with E-state index in [9.17, 15) is 0 Å². The Morgan fingerprint density at radius 3 is 2.25 bits per heavy atom. The maximum Gasteiger partial charge on any atom is 0.0437 e. The van der Waals surface area contributed by atoms with E-state index in [4.69, 9.17) is 11.6 Å². The largest absolute Gasteiger partial charge is 0.303 e. The summed E-state index contributed by atoms with van der Waals surface area (Å²) in [6.45, 7) is 5.26. The molecule has 0 N–H and O–H groups in total. The molecule has 3 aromatic rings. The molecular weight excluding hydrogens is 364 g/mol. The van der Waals surface area contributed by atoms with E-state index in [1.54, 1.807) is 0 Å². The number of pyridine rings is 1. The Hall–Kier alpha value is -2.16. The molecule has 0 aliphatic carbocycles. The highest BCUT2D eigenvalue weighted by Gasteiger charge is 2.07. The fourth-order valence-corrected chi connectivity index (χ4v) is 3.60. The van der Waals surface area contributed by atoms with Crippen molar-refractivity contribution in [1.29, 1.82) is 0 Å². The van der Waals surface area contributed by atoms with Gasteiger partial charge in [-0.2, -0.15) is 0 Å². The van der Waals surface area contributed by atoms with Crippen molar-refractivity contribution >= 4 is 11.6 Å². The van der Waals surface area contributed by atoms with E-state index >= 15 is 0 Å². The van der Waals surface area contributed by atoms with E-state index in [-0.39, 0.29) is 0 Å². The van der Waals surface area contributed by atoms with Crippen LogP contribution in [0.5, 0.6) is 0 Å². The van der Waals surface area contributed by atoms with Crippen molar-refractivity contribution in [2.45, 2.75) is 32.6 Å². The molecule has 0 unspecified atom stereocenters. The standard InChI is InChI=1S/C25H29ClN2/c1-21-11-12-23(19-25(21)26)13-17-28(18-14-24-9-5-15-27-20-24)16-6-10-22-7-3-2-4-8-22/h2-5,7-9,11-12,15,19-20H,6,10,13-14,16-18H2,1H3. The molecule has 0 aliphatic heterocycles. The third kappa shape index (κ3) is 6.78. The molecule has 146 valence electrons. The van der Waals surface area contributed by atoms with Gasteiger partial charge in [-0.15, -0.1) is 0 Å². The molecular formula is C25H29ClN2. The van der Waals surface area contributed by atoms with E-state index in [2.05, 4.69) is 71.4 Å². The molecule has 2 nitrogen and oxygen atoms in total. The number of aromatic nitrogens is 1. The molecule has 0 aliphatic rings. The van der Waals surface area contributed by atoms with E-state index in [1.165, 1.54) is 23.1 Å². The smallest absolute Gasteiger partial charge is 0.0437 e. The van der Waals surface area contributed by atoms with Crippen LogP contribution >= 0.6 is 11.6 Å². The molecule has 0 saturated carbocycles. The molecule has 3 rings (SSSR count). The Morgan fingerprint density at radius 1 is 0.786 bits per heavy atom. The summed E-state index contributed by atoms with van der Waals surface area (Å²) >= 11 is 6.30. The minimum absolute atomic E-state index is 0.864. The van der Waals surface area contributed by atoms with Crippen LogP contribution in [0, 0.1) is 6.92 Å². The molecule has 1 aromatic heterocycles. The fourth-order valence-electron chi connectivity index (χ4n) is 3.40. The summed E-state index contributed by atoms with van der Waals surface area (Å²) in [7, 11) is 0. The third-order valence-corrected chi connectivity index (χ3v) is 5.58. The van der Waals surface area contributed by atoms with Gasteiger partial charge in [-0.1, -0.05) is 60.1 Å². The van der Waals surface area contributed by atoms with Gasteiger partial charge in [0.1, 0.15) is 0 Å². The van der Waals surface area contributed by atoms with Crippen molar-refractivity contribution in [2.75, 3.05) is 19.6 Å². The zero-order valence-corrected chi connectivity index (χ0v) is 17.4. The van der Waals surface area contributed by atoms with Crippen molar-refractivity contribution in [3.63, 3.8) is 0 Å². The zero-order valence-electron chi connectivity index (χ0n) is 16.7. The van der Waals surface area contributed by atoms with Gasteiger partial charge in [-0.25, -0.2) is 0 Å². The second-order valence-corrected chi connectivity index (χ2v) is 7.78. The number of hydrogen-bond donors (Lipinski definition) is 0. The predicted octanol–water partition coefficient (Wildman–Crippen LogP) is 5.76. The summed E-state index contributed by atoms with van der Waals surface area (Å²) in [5.74, 6) is 0. The molecule has 0 radical (unpaired) electrons. The Balaban J connectivity index is 1.55. The Labute approximate surface area is 174 Å². The first kappa shape index (κ1) is 20.6. The first-order chi connectivity index (χ1) is 13.7. The lowest BCUT2D eigenvalue weighted by Gasteiger charge is -2.22. The minimum Gasteiger partial charge on any atom is -0.303 e. The van der Waals surface area contributed by atoms with Crippen molar-refractivity contribution in [2.24, 2.45) is 0 Å². The molecule has 3 heteroatoms. The minimum atomic E-state index is 0.864. The summed E-state index contributed by atoms with van der Waals surface area (Å²) < 4.78 is 0. The number of aryl methyl sites for hydroxylation is 2. The van der Waals surface area contributed by atoms with Gasteiger partial charge in [0, 0.05) is 30.5 Å². The fraction of sp³-hybridized carbons (Fsp3) is 0.320. The van der Waals surface area contributed by atoms with Crippen molar-refractivity contribution in [1.82, 2.24) is 9.88 Å². The molecule has 2 aromatic carbocycles. The highest BCUT2D eigenvalue weighted by atomic mass is 35.5. The average molecular weight is 393 g/mol. The summed E-state index contributed by atoms with van der Waals surface area (Å²) in [6.07, 6.45) is 8.17. The summed E-state index contributed by atoms with van der Waals surface area (Å²) in [4.78, 5) is 6.82. The molecule has 0 saturated heterocycles. The van der Waals surface area contributed by atoms with Gasteiger partial charge < -0.3 is 4.90 Å². The second kappa shape index (κ2) is 11.0. The van der Waals surface area contributed by atoms with Crippen molar-refractivity contribution in [3.05, 3.63) is 100 Å². The van der Waals surface area contributed by atoms with Gasteiger partial charge in [-0.05, 0) is 73.5 Å². The van der Waals surface area contributed by atoms with Crippen LogP contribution in [0.3, 0.4) is 0 Å². The number of nitrogens with zero attached hydrogens (tertiary/aromatic N) is 2. The van der Waals surface area contributed by atoms with Crippen LogP contribution in [-0.4, -0.2) is 29.5 Å². The Kier molecular flexibility index (Phi) is 8.07. The van der Waals surface area contributed by atoms with E-state index in [0.29, 0.717) is 0 Å². The molecule has 0 spiro atoms. The van der Waals surface area contributed by atoms with E-state index in [1.807, 2.05) is 18.5 Å². The van der Waals surface area contributed by atoms with Gasteiger partial charge in [0.25, 0.3) is 0 Å². The maximum absolute atomic E-state index is 6.30. The van der Waals surface area contributed by atoms with Crippen molar-refractivity contribution < 1.29 is 0 Å². The quantitative estimate of drug-likeness (QED) is 0.435. The molecule has 0 fully saturated rings. The van der Waals surface area contributed by atoms with E-state index < -0.39 is 0 Å². The molecule has 0 atom stereocenters. The topological polar surface area (TPSA) is 16.1 Å². The van der Waals surface area contributed by atoms with Gasteiger partial charge >= 0.3 is 0 Å². The number of rotatable bonds is 10. The SMILES string of the molecule is Cc1ccc(CCN(CCCc2ccccc2)CCc2cccnc2)cc1Cl. The monoisotopic (exact) mass is 392 g/mol. The Morgan fingerprint density at radius 2 is 1.54 bits per heavy atom. The first-order valence-corrected chi connectivity index (χ1v) is 10.5. The highest BCUT2D eigenvalue weighted by molar-refractivity contribution is 6.31. The maximum atomic E-state index is 6.30. The van der Waals surface area contributed by atoms with Crippen LogP contribution in [0.4, 0.5) is 0 Å². The van der Waals surface area contributed by atoms with Crippen LogP contribution in [0.2, 0.25) is 5.02 Å². The number of benzene rings is 2. The van der Waals surface area contributed by atoms with Gasteiger partial charge in [0.2, 0.25) is 0 Å². The number of hydrogen-bond acceptors (Lipinski definition) is 2. The summed E-state index contributed by atoms with van der Waals surface area (Å²) in [6, 6.07) is 21.4. The van der Waals surface area contributed by atoms with Crippen LogP contribution in [0.15, 0.2) is 73.1 Å². The predicted molar refractivity (Wildman–Crippen MR) is 119 cm³/mol. The normalized spacial score (nSPS) is 11.1. The average Bonchev–Trinajstić information content (AvgIpc) is 2.73. The lowest BCUT2D eigenvalue weighted by Crippen LogP contribution is -2.30. The zero-order chi connectivity index (χ0) is 19.6. The molecule has 28 heavy (non-hydrogen) atoms. The summed E-state index contributed by atoms with van der Waals surface area (Å²) in [5, 5.41) is 0.864. The van der Waals surface area contributed by atoms with E-state index in [0.717, 1.165) is 49.5 Å². The molecule has 0 amide bonds. The lowest BCUT2D eigenvalue weighted by atomic mass is 10.1. The first-order valence-electron chi connectivity index (χ1n) is 10.1. The van der Waals surface area contributed by atoms with Crippen LogP contribution < -0.4 is 0 Å². The summed E-state index contributed by atoms with van der Waals surface area (Å²) in [5.41, 5.74) is 5.17. The van der Waals surface area contributed by atoms with Gasteiger partial charge in [-0.3, -0.25) is 4.98 Å². The van der Waals surface area contributed by atoms with Crippen LogP contribution in [0.25, 0.3) is 0 Å². The molecule has 1 heterocycles. The highest BCUT2D eigenvalue weighted by Crippen LogP contribution is 2.17. The lowest BCUT2D eigenvalue weighted by molar-refractivity contribution is 0.277. The van der Waals surface area contributed by atoms with Crippen molar-refractivity contribution in [3.8, 4) is 0 Å². The number of halogens is 1. The second-order valence-electron chi connectivity index (χ2n) is 7.38. The van der Waals surface area contributed by atoms with Crippen LogP contribution in [0.1, 0.15) is 28.7 Å². The third-order valence-electron chi connectivity index (χ3n) is 5.18. The molecule has 0 bridgehead atoms. The van der Waals surface area contributed by atoms with Gasteiger partial charge in [0.15, 0.2) is 0 Å². The van der Waals surface area contributed by atoms with Gasteiger partial charge in [0.05, 0.1) is 0 Å². The Bertz CT molecular complexity index is 834. The van der Waals surface area contributed by atoms with Crippen LogP contribution in [-0.2, 0) is 19.3 Å².